The fourth-order valence-corrected chi connectivity index (χ4v) is 3.09. The van der Waals surface area contributed by atoms with Crippen LogP contribution in [0.15, 0.2) is 30.3 Å². The van der Waals surface area contributed by atoms with E-state index in [-0.39, 0.29) is 0 Å². The molecule has 2 heterocycles. The molecule has 0 radical (unpaired) electrons. The summed E-state index contributed by atoms with van der Waals surface area (Å²) in [6, 6.07) is 10.4. The molecular weight excluding hydrogens is 254 g/mol. The summed E-state index contributed by atoms with van der Waals surface area (Å²) >= 11 is 0. The van der Waals surface area contributed by atoms with Crippen molar-refractivity contribution in [2.45, 2.75) is 50.2 Å². The molecule has 2 N–H and O–H groups in total. The third kappa shape index (κ3) is 3.58. The molecule has 2 saturated heterocycles. The molecule has 4 atom stereocenters. The van der Waals surface area contributed by atoms with Gasteiger partial charge in [0, 0.05) is 12.6 Å². The molecule has 4 unspecified atom stereocenters. The van der Waals surface area contributed by atoms with E-state index in [1.54, 1.807) is 0 Å². The quantitative estimate of drug-likeness (QED) is 0.792. The Labute approximate surface area is 120 Å². The molecule has 20 heavy (non-hydrogen) atoms. The van der Waals surface area contributed by atoms with Crippen molar-refractivity contribution < 1.29 is 14.6 Å². The fourth-order valence-electron chi connectivity index (χ4n) is 3.09. The number of nitrogens with one attached hydrogen (secondary N) is 1. The first kappa shape index (κ1) is 14.0. The van der Waals surface area contributed by atoms with Crippen LogP contribution in [0.25, 0.3) is 0 Å². The Bertz CT molecular complexity index is 411. The summed E-state index contributed by atoms with van der Waals surface area (Å²) in [4.78, 5) is 0. The lowest BCUT2D eigenvalue weighted by Crippen LogP contribution is -2.42. The molecule has 110 valence electrons. The van der Waals surface area contributed by atoms with E-state index in [2.05, 4.69) is 5.32 Å². The van der Waals surface area contributed by atoms with Crippen LogP contribution < -0.4 is 5.32 Å². The highest BCUT2D eigenvalue weighted by atomic mass is 16.5. The van der Waals surface area contributed by atoms with Crippen LogP contribution in [0.2, 0.25) is 0 Å². The van der Waals surface area contributed by atoms with Crippen molar-refractivity contribution >= 4 is 0 Å². The lowest BCUT2D eigenvalue weighted by Gasteiger charge is -2.22. The van der Waals surface area contributed by atoms with Gasteiger partial charge >= 0.3 is 0 Å². The van der Waals surface area contributed by atoms with Gasteiger partial charge in [-0.2, -0.15) is 0 Å². The third-order valence-corrected chi connectivity index (χ3v) is 4.14. The normalized spacial score (nSPS) is 29.8. The Hall–Kier alpha value is -0.940. The van der Waals surface area contributed by atoms with Crippen molar-refractivity contribution in [3.63, 3.8) is 0 Å². The highest BCUT2D eigenvalue weighted by Crippen LogP contribution is 2.34. The Kier molecular flexibility index (Phi) is 4.68. The molecule has 1 aromatic carbocycles. The molecule has 2 aliphatic rings. The van der Waals surface area contributed by atoms with Crippen LogP contribution in [0, 0.1) is 0 Å². The topological polar surface area (TPSA) is 50.7 Å². The van der Waals surface area contributed by atoms with Gasteiger partial charge < -0.3 is 19.9 Å². The standard InChI is InChI=1S/C16H23NO3/c18-13(11-19-10-12-4-2-1-3-5-12)9-17-15-8-14-6-7-16(15)20-14/h1-5,13-18H,6-11H2. The highest BCUT2D eigenvalue weighted by Gasteiger charge is 2.40. The van der Waals surface area contributed by atoms with Gasteiger partial charge in [-0.05, 0) is 24.8 Å². The molecule has 3 rings (SSSR count). The number of hydrogen-bond donors (Lipinski definition) is 2. The van der Waals surface area contributed by atoms with Gasteiger partial charge in [-0.15, -0.1) is 0 Å². The highest BCUT2D eigenvalue weighted by molar-refractivity contribution is 5.13. The molecule has 2 aliphatic heterocycles. The Morgan fingerprint density at radius 1 is 1.30 bits per heavy atom. The van der Waals surface area contributed by atoms with Gasteiger partial charge in [-0.25, -0.2) is 0 Å². The summed E-state index contributed by atoms with van der Waals surface area (Å²) in [6.45, 7) is 1.49. The molecule has 4 nitrogen and oxygen atoms in total. The first-order chi connectivity index (χ1) is 9.81. The number of fused-ring (bicyclic) bond motifs is 2. The zero-order valence-electron chi connectivity index (χ0n) is 11.7. The second kappa shape index (κ2) is 6.68. The van der Waals surface area contributed by atoms with Crippen LogP contribution in [0.5, 0.6) is 0 Å². The number of rotatable bonds is 7. The Balaban J connectivity index is 1.31. The molecule has 0 aromatic heterocycles. The molecule has 0 saturated carbocycles. The lowest BCUT2D eigenvalue weighted by molar-refractivity contribution is 0.0258. The summed E-state index contributed by atoms with van der Waals surface area (Å²) < 4.78 is 11.3. The van der Waals surface area contributed by atoms with Gasteiger partial charge in [0.25, 0.3) is 0 Å². The summed E-state index contributed by atoms with van der Waals surface area (Å²) in [7, 11) is 0. The number of ether oxygens (including phenoxy) is 2. The van der Waals surface area contributed by atoms with E-state index < -0.39 is 6.10 Å². The van der Waals surface area contributed by atoms with Crippen LogP contribution in [-0.4, -0.2) is 42.6 Å². The van der Waals surface area contributed by atoms with Gasteiger partial charge in [0.1, 0.15) is 0 Å². The minimum absolute atomic E-state index is 0.359. The first-order valence-corrected chi connectivity index (χ1v) is 7.50. The summed E-state index contributed by atoms with van der Waals surface area (Å²) in [5.41, 5.74) is 1.13. The summed E-state index contributed by atoms with van der Waals surface area (Å²) in [5.74, 6) is 0. The van der Waals surface area contributed by atoms with E-state index >= 15 is 0 Å². The predicted molar refractivity (Wildman–Crippen MR) is 76.4 cm³/mol. The molecule has 2 bridgehead atoms. The van der Waals surface area contributed by atoms with Crippen molar-refractivity contribution in [3.8, 4) is 0 Å². The SMILES string of the molecule is OC(CNC1CC2CCC1O2)COCc1ccccc1. The fraction of sp³-hybridized carbons (Fsp3) is 0.625. The smallest absolute Gasteiger partial charge is 0.0897 e. The van der Waals surface area contributed by atoms with Crippen LogP contribution in [0.4, 0.5) is 0 Å². The van der Waals surface area contributed by atoms with E-state index in [9.17, 15) is 5.11 Å². The van der Waals surface area contributed by atoms with E-state index in [0.717, 1.165) is 18.4 Å². The second-order valence-electron chi connectivity index (χ2n) is 5.78. The van der Waals surface area contributed by atoms with E-state index in [0.29, 0.717) is 38.0 Å². The van der Waals surface area contributed by atoms with Gasteiger partial charge in [-0.1, -0.05) is 30.3 Å². The van der Waals surface area contributed by atoms with Gasteiger partial charge in [0.15, 0.2) is 0 Å². The van der Waals surface area contributed by atoms with Gasteiger partial charge in [0.2, 0.25) is 0 Å². The molecular formula is C16H23NO3. The minimum Gasteiger partial charge on any atom is -0.389 e. The molecule has 0 aliphatic carbocycles. The summed E-state index contributed by atoms with van der Waals surface area (Å²) in [6.07, 6.45) is 3.79. The van der Waals surface area contributed by atoms with Crippen LogP contribution in [0.1, 0.15) is 24.8 Å². The maximum absolute atomic E-state index is 9.93. The van der Waals surface area contributed by atoms with Crippen LogP contribution in [0.3, 0.4) is 0 Å². The van der Waals surface area contributed by atoms with E-state index in [4.69, 9.17) is 9.47 Å². The molecule has 1 aromatic rings. The number of aliphatic hydroxyl groups excluding tert-OH is 1. The average Bonchev–Trinajstić information content (AvgIpc) is 3.09. The van der Waals surface area contributed by atoms with Crippen molar-refractivity contribution in [2.75, 3.05) is 13.2 Å². The number of aliphatic hydroxyl groups is 1. The first-order valence-electron chi connectivity index (χ1n) is 7.50. The minimum atomic E-state index is -0.460. The third-order valence-electron chi connectivity index (χ3n) is 4.14. The van der Waals surface area contributed by atoms with Crippen LogP contribution >= 0.6 is 0 Å². The summed E-state index contributed by atoms with van der Waals surface area (Å²) in [5, 5.41) is 13.3. The Morgan fingerprint density at radius 3 is 2.85 bits per heavy atom. The van der Waals surface area contributed by atoms with Gasteiger partial charge in [-0.3, -0.25) is 0 Å². The van der Waals surface area contributed by atoms with Crippen molar-refractivity contribution in [2.24, 2.45) is 0 Å². The number of benzene rings is 1. The van der Waals surface area contributed by atoms with E-state index in [1.807, 2.05) is 30.3 Å². The zero-order chi connectivity index (χ0) is 13.8. The van der Waals surface area contributed by atoms with Crippen LogP contribution in [-0.2, 0) is 16.1 Å². The monoisotopic (exact) mass is 277 g/mol. The molecule has 2 fully saturated rings. The van der Waals surface area contributed by atoms with E-state index in [1.165, 1.54) is 6.42 Å². The molecule has 0 spiro atoms. The lowest BCUT2D eigenvalue weighted by atomic mass is 9.95. The maximum atomic E-state index is 9.93. The second-order valence-corrected chi connectivity index (χ2v) is 5.78. The van der Waals surface area contributed by atoms with Gasteiger partial charge in [0.05, 0.1) is 31.5 Å². The maximum Gasteiger partial charge on any atom is 0.0897 e. The van der Waals surface area contributed by atoms with Crippen molar-refractivity contribution in [1.29, 1.82) is 0 Å². The largest absolute Gasteiger partial charge is 0.389 e. The zero-order valence-corrected chi connectivity index (χ0v) is 11.7. The Morgan fingerprint density at radius 2 is 2.15 bits per heavy atom. The predicted octanol–water partition coefficient (Wildman–Crippen LogP) is 1.47. The molecule has 4 heteroatoms. The number of hydrogen-bond acceptors (Lipinski definition) is 4. The van der Waals surface area contributed by atoms with Crippen molar-refractivity contribution in [1.82, 2.24) is 5.32 Å². The molecule has 0 amide bonds. The average molecular weight is 277 g/mol. The van der Waals surface area contributed by atoms with Crippen molar-refractivity contribution in [3.05, 3.63) is 35.9 Å².